The fourth-order valence-electron chi connectivity index (χ4n) is 2.16. The average molecular weight is 298 g/mol. The molecule has 0 unspecified atom stereocenters. The van der Waals surface area contributed by atoms with Crippen molar-refractivity contribution in [2.75, 3.05) is 24.3 Å². The van der Waals surface area contributed by atoms with Crippen LogP contribution in [-0.4, -0.2) is 19.6 Å². The highest BCUT2D eigenvalue weighted by Crippen LogP contribution is 2.24. The number of anilines is 2. The molecule has 0 saturated carbocycles. The molecule has 0 fully saturated rings. The van der Waals surface area contributed by atoms with Crippen molar-refractivity contribution in [2.45, 2.75) is 20.3 Å². The smallest absolute Gasteiger partial charge is 0.243 e. The van der Waals surface area contributed by atoms with E-state index in [1.807, 2.05) is 49.4 Å². The van der Waals surface area contributed by atoms with Crippen LogP contribution in [0.2, 0.25) is 0 Å². The minimum atomic E-state index is -0.0900. The largest absolute Gasteiger partial charge is 0.495 e. The maximum absolute atomic E-state index is 12.0. The molecule has 0 aliphatic carbocycles. The summed E-state index contributed by atoms with van der Waals surface area (Å²) in [6, 6.07) is 13.7. The minimum absolute atomic E-state index is 0.0900. The van der Waals surface area contributed by atoms with Crippen LogP contribution in [0.1, 0.15) is 18.1 Å². The van der Waals surface area contributed by atoms with Crippen molar-refractivity contribution in [2.24, 2.45) is 0 Å². The number of carbonyl (C=O) groups is 1. The Balaban J connectivity index is 1.93. The predicted molar refractivity (Wildman–Crippen MR) is 90.7 cm³/mol. The van der Waals surface area contributed by atoms with Crippen LogP contribution in [-0.2, 0) is 11.2 Å². The Labute approximate surface area is 131 Å². The van der Waals surface area contributed by atoms with Gasteiger partial charge in [0, 0.05) is 5.69 Å². The maximum atomic E-state index is 12.0. The third-order valence-corrected chi connectivity index (χ3v) is 3.44. The molecule has 4 heteroatoms. The van der Waals surface area contributed by atoms with E-state index in [1.54, 1.807) is 7.11 Å². The van der Waals surface area contributed by atoms with E-state index in [0.717, 1.165) is 29.1 Å². The molecular formula is C18H22N2O2. The molecule has 4 nitrogen and oxygen atoms in total. The number of ether oxygens (including phenoxy) is 1. The number of benzene rings is 2. The highest BCUT2D eigenvalue weighted by Gasteiger charge is 2.06. The number of carbonyl (C=O) groups excluding carboxylic acids is 1. The lowest BCUT2D eigenvalue weighted by molar-refractivity contribution is -0.114. The fraction of sp³-hybridized carbons (Fsp3) is 0.278. The fourth-order valence-corrected chi connectivity index (χ4v) is 2.16. The Hall–Kier alpha value is -2.49. The van der Waals surface area contributed by atoms with Crippen LogP contribution in [0.15, 0.2) is 42.5 Å². The Morgan fingerprint density at radius 1 is 1.14 bits per heavy atom. The van der Waals surface area contributed by atoms with Crippen LogP contribution >= 0.6 is 0 Å². The Bertz CT molecular complexity index is 636. The quantitative estimate of drug-likeness (QED) is 0.856. The number of nitrogens with one attached hydrogen (secondary N) is 2. The van der Waals surface area contributed by atoms with Crippen molar-refractivity contribution in [1.82, 2.24) is 0 Å². The first-order chi connectivity index (χ1) is 10.6. The molecule has 0 saturated heterocycles. The zero-order chi connectivity index (χ0) is 15.9. The van der Waals surface area contributed by atoms with Crippen LogP contribution in [0.5, 0.6) is 5.75 Å². The molecule has 0 aliphatic heterocycles. The second kappa shape index (κ2) is 7.50. The van der Waals surface area contributed by atoms with Crippen LogP contribution in [0.25, 0.3) is 0 Å². The molecule has 22 heavy (non-hydrogen) atoms. The Morgan fingerprint density at radius 2 is 1.86 bits per heavy atom. The summed E-state index contributed by atoms with van der Waals surface area (Å²) in [4.78, 5) is 12.0. The monoisotopic (exact) mass is 298 g/mol. The van der Waals surface area contributed by atoms with E-state index in [-0.39, 0.29) is 12.5 Å². The molecule has 1 amide bonds. The SMILES string of the molecule is CCc1ccc(NC(=O)CNc2cc(C)ccc2OC)cc1. The highest BCUT2D eigenvalue weighted by molar-refractivity contribution is 5.93. The van der Waals surface area contributed by atoms with Crippen molar-refractivity contribution in [3.63, 3.8) is 0 Å². The van der Waals surface area contributed by atoms with Crippen molar-refractivity contribution in [1.29, 1.82) is 0 Å². The van der Waals surface area contributed by atoms with Crippen LogP contribution in [0.3, 0.4) is 0 Å². The van der Waals surface area contributed by atoms with E-state index < -0.39 is 0 Å². The molecule has 116 valence electrons. The second-order valence-electron chi connectivity index (χ2n) is 5.16. The van der Waals surface area contributed by atoms with Gasteiger partial charge in [0.2, 0.25) is 5.91 Å². The summed E-state index contributed by atoms with van der Waals surface area (Å²) in [5.41, 5.74) is 3.98. The molecule has 0 aromatic heterocycles. The lowest BCUT2D eigenvalue weighted by atomic mass is 10.1. The first kappa shape index (κ1) is 15.9. The summed E-state index contributed by atoms with van der Waals surface area (Å²) in [5.74, 6) is 0.638. The van der Waals surface area contributed by atoms with Gasteiger partial charge in [-0.3, -0.25) is 4.79 Å². The maximum Gasteiger partial charge on any atom is 0.243 e. The number of aryl methyl sites for hydroxylation is 2. The van der Waals surface area contributed by atoms with Gasteiger partial charge in [-0.2, -0.15) is 0 Å². The third-order valence-electron chi connectivity index (χ3n) is 3.44. The number of methoxy groups -OCH3 is 1. The number of rotatable bonds is 6. The molecule has 0 atom stereocenters. The van der Waals surface area contributed by atoms with E-state index in [9.17, 15) is 4.79 Å². The van der Waals surface area contributed by atoms with Gasteiger partial charge in [0.1, 0.15) is 5.75 Å². The van der Waals surface area contributed by atoms with E-state index in [1.165, 1.54) is 5.56 Å². The van der Waals surface area contributed by atoms with Gasteiger partial charge < -0.3 is 15.4 Å². The summed E-state index contributed by atoms with van der Waals surface area (Å²) < 4.78 is 5.28. The van der Waals surface area contributed by atoms with Crippen molar-refractivity contribution < 1.29 is 9.53 Å². The summed E-state index contributed by atoms with van der Waals surface area (Å²) in [7, 11) is 1.62. The van der Waals surface area contributed by atoms with Crippen molar-refractivity contribution in [3.8, 4) is 5.75 Å². The van der Waals surface area contributed by atoms with E-state index in [0.29, 0.717) is 0 Å². The van der Waals surface area contributed by atoms with Gasteiger partial charge in [0.15, 0.2) is 0 Å². The van der Waals surface area contributed by atoms with Crippen molar-refractivity contribution >= 4 is 17.3 Å². The first-order valence-electron chi connectivity index (χ1n) is 7.39. The molecule has 2 rings (SSSR count). The summed E-state index contributed by atoms with van der Waals surface area (Å²) in [6.07, 6.45) is 0.989. The van der Waals surface area contributed by atoms with Crippen LogP contribution in [0.4, 0.5) is 11.4 Å². The van der Waals surface area contributed by atoms with Gasteiger partial charge in [-0.05, 0) is 48.7 Å². The minimum Gasteiger partial charge on any atom is -0.495 e. The second-order valence-corrected chi connectivity index (χ2v) is 5.16. The predicted octanol–water partition coefficient (Wildman–Crippen LogP) is 3.62. The molecule has 0 heterocycles. The molecule has 0 aliphatic rings. The van der Waals surface area contributed by atoms with Gasteiger partial charge >= 0.3 is 0 Å². The molecule has 2 aromatic rings. The summed E-state index contributed by atoms with van der Waals surface area (Å²) in [6.45, 7) is 4.29. The lowest BCUT2D eigenvalue weighted by Gasteiger charge is -2.12. The summed E-state index contributed by atoms with van der Waals surface area (Å²) >= 11 is 0. The first-order valence-corrected chi connectivity index (χ1v) is 7.39. The van der Waals surface area contributed by atoms with E-state index in [4.69, 9.17) is 4.74 Å². The Morgan fingerprint density at radius 3 is 2.50 bits per heavy atom. The van der Waals surface area contributed by atoms with E-state index >= 15 is 0 Å². The third kappa shape index (κ3) is 4.25. The zero-order valence-corrected chi connectivity index (χ0v) is 13.3. The van der Waals surface area contributed by atoms with Gasteiger partial charge in [-0.25, -0.2) is 0 Å². The molecule has 2 N–H and O–H groups in total. The van der Waals surface area contributed by atoms with Crippen LogP contribution in [0, 0.1) is 6.92 Å². The topological polar surface area (TPSA) is 50.4 Å². The number of hydrogen-bond donors (Lipinski definition) is 2. The number of amides is 1. The van der Waals surface area contributed by atoms with E-state index in [2.05, 4.69) is 17.6 Å². The van der Waals surface area contributed by atoms with Gasteiger partial charge in [0.05, 0.1) is 19.3 Å². The van der Waals surface area contributed by atoms with Crippen molar-refractivity contribution in [3.05, 3.63) is 53.6 Å². The summed E-state index contributed by atoms with van der Waals surface area (Å²) in [5, 5.41) is 5.98. The Kier molecular flexibility index (Phi) is 5.42. The number of hydrogen-bond acceptors (Lipinski definition) is 3. The highest BCUT2D eigenvalue weighted by atomic mass is 16.5. The molecule has 0 radical (unpaired) electrons. The molecule has 0 spiro atoms. The normalized spacial score (nSPS) is 10.1. The van der Waals surface area contributed by atoms with Crippen LogP contribution < -0.4 is 15.4 Å². The standard InChI is InChI=1S/C18H22N2O2/c1-4-14-6-8-15(9-7-14)20-18(21)12-19-16-11-13(2)5-10-17(16)22-3/h5-11,19H,4,12H2,1-3H3,(H,20,21). The van der Waals surface area contributed by atoms with Gasteiger partial charge in [-0.1, -0.05) is 25.1 Å². The average Bonchev–Trinajstić information content (AvgIpc) is 2.54. The molecule has 0 bridgehead atoms. The molecule has 2 aromatic carbocycles. The zero-order valence-electron chi connectivity index (χ0n) is 13.3. The lowest BCUT2D eigenvalue weighted by Crippen LogP contribution is -2.22. The van der Waals surface area contributed by atoms with Gasteiger partial charge in [-0.15, -0.1) is 0 Å². The molecular weight excluding hydrogens is 276 g/mol. The van der Waals surface area contributed by atoms with Gasteiger partial charge in [0.25, 0.3) is 0 Å².